The predicted octanol–water partition coefficient (Wildman–Crippen LogP) is 5.46. The van der Waals surface area contributed by atoms with E-state index in [-0.39, 0.29) is 35.8 Å². The van der Waals surface area contributed by atoms with E-state index in [0.29, 0.717) is 48.6 Å². The van der Waals surface area contributed by atoms with Crippen molar-refractivity contribution in [1.29, 1.82) is 0 Å². The zero-order valence-corrected chi connectivity index (χ0v) is 23.6. The molecule has 0 aromatic carbocycles. The third-order valence-corrected chi connectivity index (χ3v) is 8.05. The van der Waals surface area contributed by atoms with E-state index < -0.39 is 22.8 Å². The van der Waals surface area contributed by atoms with Gasteiger partial charge in [-0.3, -0.25) is 14.0 Å². The van der Waals surface area contributed by atoms with Crippen molar-refractivity contribution >= 4 is 28.4 Å². The van der Waals surface area contributed by atoms with Gasteiger partial charge in [0, 0.05) is 40.6 Å². The number of esters is 1. The molecule has 1 saturated carbocycles. The number of pyridine rings is 3. The Morgan fingerprint density at radius 1 is 1.15 bits per heavy atom. The second-order valence-corrected chi connectivity index (χ2v) is 11.9. The molecule has 8 nitrogen and oxygen atoms in total. The SMILES string of the molecule is Cc1cc(Nc2cc(C(F)F)ccn2)nc(-c2ccc([C@](C)(O)C3CCC(C(=O)OCCS(C)=O)CC3)nc2)c1. The highest BCUT2D eigenvalue weighted by atomic mass is 32.2. The largest absolute Gasteiger partial charge is 0.464 e. The van der Waals surface area contributed by atoms with Crippen molar-refractivity contribution in [2.45, 2.75) is 51.6 Å². The molecule has 11 heteroatoms. The van der Waals surface area contributed by atoms with Gasteiger partial charge in [0.05, 0.1) is 23.1 Å². The van der Waals surface area contributed by atoms with Crippen LogP contribution in [0.25, 0.3) is 11.3 Å². The van der Waals surface area contributed by atoms with Crippen LogP contribution in [0.5, 0.6) is 0 Å². The first-order valence-corrected chi connectivity index (χ1v) is 14.9. The number of hydrogen-bond donors (Lipinski definition) is 2. The van der Waals surface area contributed by atoms with Crippen LogP contribution in [-0.4, -0.2) is 48.9 Å². The highest BCUT2D eigenvalue weighted by molar-refractivity contribution is 7.84. The van der Waals surface area contributed by atoms with Gasteiger partial charge in [-0.05, 0) is 87.4 Å². The molecule has 1 unspecified atom stereocenters. The van der Waals surface area contributed by atoms with Crippen LogP contribution < -0.4 is 5.32 Å². The molecular formula is C29H34F2N4O4S. The Hall–Kier alpha value is -3.31. The maximum absolute atomic E-state index is 13.1. The monoisotopic (exact) mass is 572 g/mol. The molecular weight excluding hydrogens is 538 g/mol. The second-order valence-electron chi connectivity index (χ2n) is 10.4. The summed E-state index contributed by atoms with van der Waals surface area (Å²) in [6.45, 7) is 3.82. The fourth-order valence-electron chi connectivity index (χ4n) is 4.98. The molecule has 0 aliphatic heterocycles. The number of rotatable bonds is 10. The van der Waals surface area contributed by atoms with Crippen LogP contribution in [0.1, 0.15) is 55.9 Å². The van der Waals surface area contributed by atoms with Crippen molar-refractivity contribution in [3.05, 3.63) is 65.6 Å². The smallest absolute Gasteiger partial charge is 0.308 e. The Morgan fingerprint density at radius 3 is 2.55 bits per heavy atom. The molecule has 40 heavy (non-hydrogen) atoms. The lowest BCUT2D eigenvalue weighted by atomic mass is 9.73. The summed E-state index contributed by atoms with van der Waals surface area (Å²) in [6, 6.07) is 9.88. The van der Waals surface area contributed by atoms with Crippen LogP contribution in [-0.2, 0) is 25.9 Å². The highest BCUT2D eigenvalue weighted by Gasteiger charge is 2.39. The second kappa shape index (κ2) is 12.9. The molecule has 214 valence electrons. The summed E-state index contributed by atoms with van der Waals surface area (Å²) in [5.74, 6) is 0.524. The van der Waals surface area contributed by atoms with Crippen molar-refractivity contribution in [3.63, 3.8) is 0 Å². The van der Waals surface area contributed by atoms with Crippen molar-refractivity contribution < 1.29 is 27.6 Å². The number of aliphatic hydroxyl groups is 1. The van der Waals surface area contributed by atoms with Gasteiger partial charge in [0.1, 0.15) is 23.8 Å². The van der Waals surface area contributed by atoms with E-state index in [1.807, 2.05) is 19.1 Å². The van der Waals surface area contributed by atoms with Gasteiger partial charge in [-0.2, -0.15) is 0 Å². The number of nitrogens with one attached hydrogen (secondary N) is 1. The van der Waals surface area contributed by atoms with Crippen LogP contribution >= 0.6 is 0 Å². The number of alkyl halides is 2. The van der Waals surface area contributed by atoms with Crippen molar-refractivity contribution in [2.24, 2.45) is 11.8 Å². The van der Waals surface area contributed by atoms with Gasteiger partial charge in [-0.25, -0.2) is 18.7 Å². The molecule has 1 aliphatic rings. The normalized spacial score (nSPS) is 19.6. The van der Waals surface area contributed by atoms with E-state index in [1.54, 1.807) is 31.5 Å². The molecule has 0 amide bonds. The summed E-state index contributed by atoms with van der Waals surface area (Å²) in [6.07, 6.45) is 4.51. The summed E-state index contributed by atoms with van der Waals surface area (Å²) < 4.78 is 42.6. The Balaban J connectivity index is 1.41. The Morgan fingerprint density at radius 2 is 1.90 bits per heavy atom. The van der Waals surface area contributed by atoms with E-state index in [1.165, 1.54) is 18.3 Å². The fourth-order valence-corrected chi connectivity index (χ4v) is 5.30. The third-order valence-electron chi connectivity index (χ3n) is 7.31. The van der Waals surface area contributed by atoms with E-state index in [0.717, 1.165) is 11.1 Å². The fraction of sp³-hybridized carbons (Fsp3) is 0.448. The molecule has 2 N–H and O–H groups in total. The minimum atomic E-state index is -2.59. The first-order valence-electron chi connectivity index (χ1n) is 13.2. The number of carbonyl (C=O) groups is 1. The number of aryl methyl sites for hydroxylation is 1. The molecule has 2 atom stereocenters. The van der Waals surface area contributed by atoms with Gasteiger partial charge in [-0.15, -0.1) is 0 Å². The molecule has 0 radical (unpaired) electrons. The van der Waals surface area contributed by atoms with Gasteiger partial charge in [0.2, 0.25) is 0 Å². The number of anilines is 2. The number of nitrogens with zero attached hydrogens (tertiary/aromatic N) is 3. The van der Waals surface area contributed by atoms with Crippen LogP contribution in [0.15, 0.2) is 48.8 Å². The average Bonchev–Trinajstić information content (AvgIpc) is 2.92. The maximum Gasteiger partial charge on any atom is 0.308 e. The predicted molar refractivity (Wildman–Crippen MR) is 150 cm³/mol. The average molecular weight is 573 g/mol. The summed E-state index contributed by atoms with van der Waals surface area (Å²) in [4.78, 5) is 25.6. The van der Waals surface area contributed by atoms with Crippen LogP contribution in [0.3, 0.4) is 0 Å². The highest BCUT2D eigenvalue weighted by Crippen LogP contribution is 2.41. The number of hydrogen-bond acceptors (Lipinski definition) is 8. The van der Waals surface area contributed by atoms with E-state index in [4.69, 9.17) is 4.74 Å². The van der Waals surface area contributed by atoms with Crippen LogP contribution in [0.2, 0.25) is 0 Å². The topological polar surface area (TPSA) is 114 Å². The van der Waals surface area contributed by atoms with Gasteiger partial charge in [-0.1, -0.05) is 0 Å². The number of ether oxygens (including phenoxy) is 1. The van der Waals surface area contributed by atoms with E-state index in [9.17, 15) is 22.9 Å². The van der Waals surface area contributed by atoms with E-state index in [2.05, 4.69) is 20.3 Å². The summed E-state index contributed by atoms with van der Waals surface area (Å²) in [5, 5.41) is 14.4. The summed E-state index contributed by atoms with van der Waals surface area (Å²) in [7, 11) is -1.00. The Labute approximate surface area is 235 Å². The number of halogens is 2. The van der Waals surface area contributed by atoms with Gasteiger partial charge < -0.3 is 15.2 Å². The summed E-state index contributed by atoms with van der Waals surface area (Å²) >= 11 is 0. The molecule has 4 rings (SSSR count). The van der Waals surface area contributed by atoms with Crippen molar-refractivity contribution in [1.82, 2.24) is 15.0 Å². The lowest BCUT2D eigenvalue weighted by Gasteiger charge is -2.37. The molecule has 1 aliphatic carbocycles. The van der Waals surface area contributed by atoms with Gasteiger partial charge in [0.25, 0.3) is 6.43 Å². The summed E-state index contributed by atoms with van der Waals surface area (Å²) in [5.41, 5.74) is 1.51. The number of aromatic nitrogens is 3. The quantitative estimate of drug-likeness (QED) is 0.308. The minimum Gasteiger partial charge on any atom is -0.464 e. The van der Waals surface area contributed by atoms with Crippen LogP contribution in [0.4, 0.5) is 20.4 Å². The first-order chi connectivity index (χ1) is 19.0. The first kappa shape index (κ1) is 29.7. The molecule has 0 bridgehead atoms. The van der Waals surface area contributed by atoms with Crippen LogP contribution in [0, 0.1) is 18.8 Å². The number of carbonyl (C=O) groups excluding carboxylic acids is 1. The lowest BCUT2D eigenvalue weighted by Crippen LogP contribution is -2.37. The van der Waals surface area contributed by atoms with Crippen molar-refractivity contribution in [3.8, 4) is 11.3 Å². The van der Waals surface area contributed by atoms with Gasteiger partial charge >= 0.3 is 5.97 Å². The molecule has 3 heterocycles. The molecule has 3 aromatic rings. The van der Waals surface area contributed by atoms with Gasteiger partial charge in [0.15, 0.2) is 0 Å². The minimum absolute atomic E-state index is 0.0672. The zero-order valence-electron chi connectivity index (χ0n) is 22.8. The van der Waals surface area contributed by atoms with Crippen molar-refractivity contribution in [2.75, 3.05) is 23.9 Å². The Bertz CT molecular complexity index is 1350. The third kappa shape index (κ3) is 7.45. The molecule has 1 fully saturated rings. The lowest BCUT2D eigenvalue weighted by molar-refractivity contribution is -0.150. The standard InChI is InChI=1S/C29H34F2N4O4S/c1-18-14-23(34-26(15-18)35-25-16-20(27(30)31)10-11-32-25)21-6-9-24(33-17-21)29(2,37)22-7-4-19(5-8-22)28(36)39-12-13-40(3)38/h6,9-11,14-17,19,22,27,37H,4-5,7-8,12-13H2,1-3H3,(H,32,34,35)/t19?,22?,29-,40?/m1/s1. The molecule has 3 aromatic heterocycles. The Kier molecular flexibility index (Phi) is 9.57. The van der Waals surface area contributed by atoms with E-state index >= 15 is 0 Å². The molecule has 0 spiro atoms. The maximum atomic E-state index is 13.1. The zero-order chi connectivity index (χ0) is 28.9. The molecule has 0 saturated heterocycles.